The van der Waals surface area contributed by atoms with Crippen LogP contribution in [0.25, 0.3) is 0 Å². The Hall–Kier alpha value is -5.76. The number of amides is 2. The summed E-state index contributed by atoms with van der Waals surface area (Å²) in [5, 5.41) is 5.75. The smallest absolute Gasteiger partial charge is 0.255 e. The summed E-state index contributed by atoms with van der Waals surface area (Å²) < 4.78 is 22.7. The van der Waals surface area contributed by atoms with Crippen LogP contribution < -0.4 is 29.6 Å². The second kappa shape index (κ2) is 15.5. The molecule has 5 aromatic rings. The first-order chi connectivity index (χ1) is 21.6. The van der Waals surface area contributed by atoms with Gasteiger partial charge in [0.1, 0.15) is 49.4 Å². The lowest BCUT2D eigenvalue weighted by molar-refractivity contribution is 0.101. The van der Waals surface area contributed by atoms with E-state index in [0.29, 0.717) is 60.4 Å². The highest BCUT2D eigenvalue weighted by atomic mass is 16.5. The molecule has 0 bridgehead atoms. The second-order valence-corrected chi connectivity index (χ2v) is 9.52. The van der Waals surface area contributed by atoms with Crippen LogP contribution in [-0.4, -0.2) is 38.2 Å². The first-order valence-electron chi connectivity index (χ1n) is 14.2. The van der Waals surface area contributed by atoms with E-state index in [9.17, 15) is 9.59 Å². The molecule has 0 aliphatic carbocycles. The molecule has 8 nitrogen and oxygen atoms in total. The largest absolute Gasteiger partial charge is 0.490 e. The number of carbonyl (C=O) groups is 2. The number of carbonyl (C=O) groups excluding carboxylic acids is 2. The number of hydrogen-bond donors (Lipinski definition) is 2. The van der Waals surface area contributed by atoms with E-state index in [4.69, 9.17) is 18.9 Å². The summed E-state index contributed by atoms with van der Waals surface area (Å²) in [7, 11) is 0. The summed E-state index contributed by atoms with van der Waals surface area (Å²) in [4.78, 5) is 25.9. The highest BCUT2D eigenvalue weighted by Gasteiger charge is 2.13. The van der Waals surface area contributed by atoms with Crippen LogP contribution in [0.2, 0.25) is 0 Å². The van der Waals surface area contributed by atoms with Gasteiger partial charge in [-0.3, -0.25) is 9.59 Å². The molecule has 0 fully saturated rings. The highest BCUT2D eigenvalue weighted by Crippen LogP contribution is 2.24. The van der Waals surface area contributed by atoms with Crippen molar-refractivity contribution in [3.8, 4) is 23.0 Å². The van der Waals surface area contributed by atoms with Crippen molar-refractivity contribution in [1.29, 1.82) is 0 Å². The van der Waals surface area contributed by atoms with Crippen molar-refractivity contribution in [3.63, 3.8) is 0 Å². The minimum Gasteiger partial charge on any atom is -0.490 e. The average molecular weight is 589 g/mol. The van der Waals surface area contributed by atoms with Gasteiger partial charge >= 0.3 is 0 Å². The molecule has 0 radical (unpaired) electrons. The van der Waals surface area contributed by atoms with Crippen molar-refractivity contribution in [2.75, 3.05) is 37.1 Å². The molecular formula is C36H32N2O6. The van der Waals surface area contributed by atoms with E-state index in [1.54, 1.807) is 72.8 Å². The summed E-state index contributed by atoms with van der Waals surface area (Å²) in [6, 6.07) is 39.7. The number of hydrogen-bond acceptors (Lipinski definition) is 6. The van der Waals surface area contributed by atoms with Crippen molar-refractivity contribution in [1.82, 2.24) is 0 Å². The van der Waals surface area contributed by atoms with Crippen molar-refractivity contribution >= 4 is 23.2 Å². The monoisotopic (exact) mass is 588 g/mol. The van der Waals surface area contributed by atoms with Crippen molar-refractivity contribution in [2.45, 2.75) is 0 Å². The van der Waals surface area contributed by atoms with E-state index >= 15 is 0 Å². The van der Waals surface area contributed by atoms with Gasteiger partial charge < -0.3 is 29.6 Å². The quantitative estimate of drug-likeness (QED) is 0.134. The van der Waals surface area contributed by atoms with Gasteiger partial charge in [0, 0.05) is 11.1 Å². The molecular weight excluding hydrogens is 556 g/mol. The van der Waals surface area contributed by atoms with Crippen LogP contribution in [0, 0.1) is 0 Å². The van der Waals surface area contributed by atoms with Crippen molar-refractivity contribution in [2.24, 2.45) is 0 Å². The van der Waals surface area contributed by atoms with Gasteiger partial charge in [-0.05, 0) is 84.9 Å². The van der Waals surface area contributed by atoms with E-state index in [0.717, 1.165) is 11.5 Å². The Bertz CT molecular complexity index is 1500. The molecule has 0 aliphatic rings. The molecule has 0 atom stereocenters. The Morgan fingerprint density at radius 2 is 0.682 bits per heavy atom. The number of para-hydroxylation sites is 4. The zero-order valence-corrected chi connectivity index (χ0v) is 24.0. The van der Waals surface area contributed by atoms with Crippen LogP contribution in [0.4, 0.5) is 11.4 Å². The van der Waals surface area contributed by atoms with Gasteiger partial charge in [-0.15, -0.1) is 0 Å². The molecule has 0 saturated heterocycles. The molecule has 8 heteroatoms. The lowest BCUT2D eigenvalue weighted by Crippen LogP contribution is -2.17. The summed E-state index contributed by atoms with van der Waals surface area (Å²) in [5.41, 5.74) is 1.85. The lowest BCUT2D eigenvalue weighted by Gasteiger charge is -2.13. The van der Waals surface area contributed by atoms with Gasteiger partial charge in [0.2, 0.25) is 0 Å². The fourth-order valence-corrected chi connectivity index (χ4v) is 4.17. The van der Waals surface area contributed by atoms with Crippen LogP contribution in [0.3, 0.4) is 0 Å². The number of rotatable bonds is 14. The van der Waals surface area contributed by atoms with Crippen LogP contribution in [0.15, 0.2) is 133 Å². The number of nitrogens with one attached hydrogen (secondary N) is 2. The number of anilines is 2. The summed E-state index contributed by atoms with van der Waals surface area (Å²) >= 11 is 0. The van der Waals surface area contributed by atoms with Gasteiger partial charge in [0.05, 0.1) is 11.4 Å². The fraction of sp³-hybridized carbons (Fsp3) is 0.111. The zero-order chi connectivity index (χ0) is 30.4. The third-order valence-electron chi connectivity index (χ3n) is 6.38. The Morgan fingerprint density at radius 3 is 1.02 bits per heavy atom. The maximum Gasteiger partial charge on any atom is 0.255 e. The molecule has 2 amide bonds. The summed E-state index contributed by atoms with van der Waals surface area (Å²) in [5.74, 6) is 2.19. The molecule has 44 heavy (non-hydrogen) atoms. The Balaban J connectivity index is 1.09. The third-order valence-corrected chi connectivity index (χ3v) is 6.38. The van der Waals surface area contributed by atoms with Gasteiger partial charge in [0.25, 0.3) is 11.8 Å². The normalized spacial score (nSPS) is 10.4. The molecule has 0 heterocycles. The number of benzene rings is 5. The van der Waals surface area contributed by atoms with E-state index in [1.165, 1.54) is 0 Å². The Kier molecular flexibility index (Phi) is 10.4. The number of ether oxygens (including phenoxy) is 4. The first kappa shape index (κ1) is 29.7. The summed E-state index contributed by atoms with van der Waals surface area (Å²) in [6.45, 7) is 1.54. The average Bonchev–Trinajstić information content (AvgIpc) is 3.07. The predicted molar refractivity (Wildman–Crippen MR) is 170 cm³/mol. The van der Waals surface area contributed by atoms with Crippen LogP contribution >= 0.6 is 0 Å². The maximum atomic E-state index is 13.0. The van der Waals surface area contributed by atoms with Crippen LogP contribution in [0.1, 0.15) is 20.7 Å². The molecule has 0 saturated carbocycles. The minimum atomic E-state index is -0.316. The molecule has 2 N–H and O–H groups in total. The lowest BCUT2D eigenvalue weighted by atomic mass is 10.1. The standard InChI is InChI=1S/C36H32N2O6/c39-35(27-15-19-31(20-16-27)43-25-23-41-29-9-3-1-4-10-29)37-33-13-7-8-14-34(33)38-36(40)28-17-21-32(22-18-28)44-26-24-42-30-11-5-2-6-12-30/h1-22H,23-26H2,(H,37,39)(H,38,40). The third kappa shape index (κ3) is 8.87. The maximum absolute atomic E-state index is 13.0. The van der Waals surface area contributed by atoms with Crippen LogP contribution in [-0.2, 0) is 0 Å². The fourth-order valence-electron chi connectivity index (χ4n) is 4.17. The highest BCUT2D eigenvalue weighted by molar-refractivity contribution is 6.10. The van der Waals surface area contributed by atoms with E-state index < -0.39 is 0 Å². The van der Waals surface area contributed by atoms with Crippen LogP contribution in [0.5, 0.6) is 23.0 Å². The van der Waals surface area contributed by atoms with Gasteiger partial charge in [-0.1, -0.05) is 48.5 Å². The van der Waals surface area contributed by atoms with E-state index in [1.807, 2.05) is 60.7 Å². The Morgan fingerprint density at radius 1 is 0.386 bits per heavy atom. The second-order valence-electron chi connectivity index (χ2n) is 9.52. The first-order valence-corrected chi connectivity index (χ1v) is 14.2. The molecule has 0 aromatic heterocycles. The van der Waals surface area contributed by atoms with Crippen molar-refractivity contribution < 1.29 is 28.5 Å². The topological polar surface area (TPSA) is 95.1 Å². The molecule has 0 aliphatic heterocycles. The van der Waals surface area contributed by atoms with Gasteiger partial charge in [-0.2, -0.15) is 0 Å². The molecule has 5 rings (SSSR count). The Labute approximate surface area is 256 Å². The van der Waals surface area contributed by atoms with Gasteiger partial charge in [0.15, 0.2) is 0 Å². The SMILES string of the molecule is O=C(Nc1ccccc1NC(=O)c1ccc(OCCOc2ccccc2)cc1)c1ccc(OCCOc2ccccc2)cc1. The molecule has 5 aromatic carbocycles. The molecule has 222 valence electrons. The minimum absolute atomic E-state index is 0.316. The van der Waals surface area contributed by atoms with Gasteiger partial charge in [-0.25, -0.2) is 0 Å². The van der Waals surface area contributed by atoms with Crippen molar-refractivity contribution in [3.05, 3.63) is 145 Å². The molecule has 0 spiro atoms. The summed E-state index contributed by atoms with van der Waals surface area (Å²) in [6.07, 6.45) is 0. The molecule has 0 unspecified atom stereocenters. The zero-order valence-electron chi connectivity index (χ0n) is 24.0. The van der Waals surface area contributed by atoms with E-state index in [2.05, 4.69) is 10.6 Å². The van der Waals surface area contributed by atoms with E-state index in [-0.39, 0.29) is 11.8 Å². The predicted octanol–water partition coefficient (Wildman–Crippen LogP) is 7.11.